The van der Waals surface area contributed by atoms with Crippen LogP contribution in [0.4, 0.5) is 5.82 Å². The zero-order valence-corrected chi connectivity index (χ0v) is 5.93. The lowest BCUT2D eigenvalue weighted by molar-refractivity contribution is -0.114. The van der Waals surface area contributed by atoms with Gasteiger partial charge in [0.05, 0.1) is 12.0 Å². The van der Waals surface area contributed by atoms with E-state index in [0.717, 1.165) is 5.69 Å². The first kappa shape index (κ1) is 6.80. The van der Waals surface area contributed by atoms with Crippen LogP contribution in [0.5, 0.6) is 0 Å². The van der Waals surface area contributed by atoms with Gasteiger partial charge in [-0.3, -0.25) is 4.79 Å². The monoisotopic (exact) mass is 139 g/mol. The first-order valence-electron chi connectivity index (χ1n) is 2.97. The summed E-state index contributed by atoms with van der Waals surface area (Å²) in [5.74, 6) is 0.503. The number of aromatic amines is 1. The molecule has 1 aromatic rings. The molecule has 0 atom stereocenters. The smallest absolute Gasteiger partial charge is 0.222 e. The Morgan fingerprint density at radius 1 is 1.80 bits per heavy atom. The number of nitrogens with zero attached hydrogens (tertiary/aromatic N) is 1. The zero-order valence-electron chi connectivity index (χ0n) is 5.93. The second kappa shape index (κ2) is 2.51. The lowest BCUT2D eigenvalue weighted by atomic mass is 10.5. The summed E-state index contributed by atoms with van der Waals surface area (Å²) in [6.45, 7) is 3.30. The quantitative estimate of drug-likeness (QED) is 0.601. The average Bonchev–Trinajstić information content (AvgIpc) is 2.15. The summed E-state index contributed by atoms with van der Waals surface area (Å²) in [5.41, 5.74) is 0.871. The molecule has 0 bridgehead atoms. The van der Waals surface area contributed by atoms with Crippen molar-refractivity contribution in [3.8, 4) is 0 Å². The van der Waals surface area contributed by atoms with Gasteiger partial charge in [-0.2, -0.15) is 0 Å². The van der Waals surface area contributed by atoms with Gasteiger partial charge >= 0.3 is 0 Å². The van der Waals surface area contributed by atoms with E-state index in [1.54, 1.807) is 6.33 Å². The number of aryl methyl sites for hydroxylation is 1. The minimum atomic E-state index is -0.102. The minimum absolute atomic E-state index is 0.102. The topological polar surface area (TPSA) is 57.8 Å². The predicted octanol–water partition coefficient (Wildman–Crippen LogP) is 0.677. The van der Waals surface area contributed by atoms with E-state index in [4.69, 9.17) is 0 Å². The van der Waals surface area contributed by atoms with Gasteiger partial charge in [-0.05, 0) is 6.92 Å². The van der Waals surface area contributed by atoms with Crippen molar-refractivity contribution in [3.63, 3.8) is 0 Å². The minimum Gasteiger partial charge on any atom is -0.347 e. The molecule has 54 valence electrons. The van der Waals surface area contributed by atoms with Gasteiger partial charge in [0.2, 0.25) is 5.91 Å². The summed E-state index contributed by atoms with van der Waals surface area (Å²) in [6.07, 6.45) is 1.54. The van der Waals surface area contributed by atoms with E-state index in [-0.39, 0.29) is 5.91 Å². The number of nitrogens with one attached hydrogen (secondary N) is 2. The summed E-state index contributed by atoms with van der Waals surface area (Å²) in [6, 6.07) is 0. The third-order valence-corrected chi connectivity index (χ3v) is 1.12. The molecule has 0 radical (unpaired) electrons. The van der Waals surface area contributed by atoms with Crippen LogP contribution in [0.15, 0.2) is 6.33 Å². The number of hydrogen-bond donors (Lipinski definition) is 2. The molecule has 0 aromatic carbocycles. The van der Waals surface area contributed by atoms with Crippen molar-refractivity contribution in [1.82, 2.24) is 9.97 Å². The molecule has 1 aromatic heterocycles. The molecule has 1 amide bonds. The number of amides is 1. The SMILES string of the molecule is CC(=O)Nc1nc[nH]c1C. The molecule has 0 saturated heterocycles. The Morgan fingerprint density at radius 2 is 2.50 bits per heavy atom. The van der Waals surface area contributed by atoms with E-state index in [2.05, 4.69) is 15.3 Å². The molecule has 1 rings (SSSR count). The molecule has 2 N–H and O–H groups in total. The molecular formula is C6H9N3O. The Bertz CT molecular complexity index is 241. The number of anilines is 1. The molecule has 4 heteroatoms. The molecule has 0 aliphatic carbocycles. The van der Waals surface area contributed by atoms with Gasteiger partial charge < -0.3 is 10.3 Å². The van der Waals surface area contributed by atoms with Crippen LogP contribution in [0.3, 0.4) is 0 Å². The summed E-state index contributed by atoms with van der Waals surface area (Å²) < 4.78 is 0. The van der Waals surface area contributed by atoms with E-state index in [1.165, 1.54) is 6.92 Å². The Balaban J connectivity index is 2.74. The number of rotatable bonds is 1. The number of H-pyrrole nitrogens is 1. The highest BCUT2D eigenvalue weighted by molar-refractivity contribution is 5.88. The lowest BCUT2D eigenvalue weighted by Crippen LogP contribution is -2.06. The largest absolute Gasteiger partial charge is 0.347 e. The fraction of sp³-hybridized carbons (Fsp3) is 0.333. The maximum atomic E-state index is 10.5. The summed E-state index contributed by atoms with van der Waals surface area (Å²) in [4.78, 5) is 17.2. The first-order chi connectivity index (χ1) is 4.70. The van der Waals surface area contributed by atoms with Crippen LogP contribution < -0.4 is 5.32 Å². The second-order valence-electron chi connectivity index (χ2n) is 2.06. The molecule has 10 heavy (non-hydrogen) atoms. The van der Waals surface area contributed by atoms with Crippen molar-refractivity contribution < 1.29 is 4.79 Å². The molecule has 0 unspecified atom stereocenters. The van der Waals surface area contributed by atoms with Crippen LogP contribution in [0.2, 0.25) is 0 Å². The molecule has 1 heterocycles. The first-order valence-corrected chi connectivity index (χ1v) is 2.97. The zero-order chi connectivity index (χ0) is 7.56. The Hall–Kier alpha value is -1.32. The number of imidazole rings is 1. The van der Waals surface area contributed by atoms with Crippen LogP contribution in [0, 0.1) is 6.92 Å². The summed E-state index contributed by atoms with van der Waals surface area (Å²) >= 11 is 0. The highest BCUT2D eigenvalue weighted by Crippen LogP contribution is 2.05. The van der Waals surface area contributed by atoms with E-state index in [9.17, 15) is 4.79 Å². The van der Waals surface area contributed by atoms with Gasteiger partial charge in [0.15, 0.2) is 5.82 Å². The van der Waals surface area contributed by atoms with Crippen LogP contribution >= 0.6 is 0 Å². The molecular weight excluding hydrogens is 130 g/mol. The second-order valence-corrected chi connectivity index (χ2v) is 2.06. The van der Waals surface area contributed by atoms with Crippen LogP contribution in [0.25, 0.3) is 0 Å². The molecule has 0 spiro atoms. The van der Waals surface area contributed by atoms with Crippen LogP contribution in [0.1, 0.15) is 12.6 Å². The predicted molar refractivity (Wildman–Crippen MR) is 37.6 cm³/mol. The number of aromatic nitrogens is 2. The fourth-order valence-corrected chi connectivity index (χ4v) is 0.652. The highest BCUT2D eigenvalue weighted by atomic mass is 16.1. The normalized spacial score (nSPS) is 9.40. The average molecular weight is 139 g/mol. The number of hydrogen-bond acceptors (Lipinski definition) is 2. The van der Waals surface area contributed by atoms with Gasteiger partial charge in [0.1, 0.15) is 0 Å². The van der Waals surface area contributed by atoms with Gasteiger partial charge in [-0.25, -0.2) is 4.98 Å². The molecule has 0 fully saturated rings. The van der Waals surface area contributed by atoms with Gasteiger partial charge in [0.25, 0.3) is 0 Å². The fourth-order valence-electron chi connectivity index (χ4n) is 0.652. The Labute approximate surface area is 58.7 Å². The number of carbonyl (C=O) groups is 1. The van der Waals surface area contributed by atoms with Gasteiger partial charge in [0, 0.05) is 6.92 Å². The Morgan fingerprint density at radius 3 is 2.90 bits per heavy atom. The van der Waals surface area contributed by atoms with Crippen molar-refractivity contribution in [3.05, 3.63) is 12.0 Å². The molecule has 0 aliphatic heterocycles. The van der Waals surface area contributed by atoms with E-state index in [1.807, 2.05) is 6.92 Å². The van der Waals surface area contributed by atoms with Crippen molar-refractivity contribution >= 4 is 11.7 Å². The molecule has 0 aliphatic rings. The van der Waals surface area contributed by atoms with E-state index < -0.39 is 0 Å². The number of carbonyl (C=O) groups excluding carboxylic acids is 1. The summed E-state index contributed by atoms with van der Waals surface area (Å²) in [5, 5.41) is 2.57. The van der Waals surface area contributed by atoms with E-state index in [0.29, 0.717) is 5.82 Å². The van der Waals surface area contributed by atoms with Gasteiger partial charge in [-0.15, -0.1) is 0 Å². The summed E-state index contributed by atoms with van der Waals surface area (Å²) in [7, 11) is 0. The van der Waals surface area contributed by atoms with Crippen molar-refractivity contribution in [1.29, 1.82) is 0 Å². The van der Waals surface area contributed by atoms with Crippen LogP contribution in [-0.4, -0.2) is 15.9 Å². The maximum Gasteiger partial charge on any atom is 0.222 e. The molecule has 4 nitrogen and oxygen atoms in total. The highest BCUT2D eigenvalue weighted by Gasteiger charge is 1.99. The lowest BCUT2D eigenvalue weighted by Gasteiger charge is -1.95. The Kier molecular flexibility index (Phi) is 1.71. The third-order valence-electron chi connectivity index (χ3n) is 1.12. The maximum absolute atomic E-state index is 10.5. The van der Waals surface area contributed by atoms with E-state index >= 15 is 0 Å². The van der Waals surface area contributed by atoms with Crippen molar-refractivity contribution in [2.75, 3.05) is 5.32 Å². The van der Waals surface area contributed by atoms with Gasteiger partial charge in [-0.1, -0.05) is 0 Å². The van der Waals surface area contributed by atoms with Crippen molar-refractivity contribution in [2.24, 2.45) is 0 Å². The van der Waals surface area contributed by atoms with Crippen LogP contribution in [-0.2, 0) is 4.79 Å². The molecule has 0 saturated carbocycles. The third kappa shape index (κ3) is 1.34. The van der Waals surface area contributed by atoms with Crippen molar-refractivity contribution in [2.45, 2.75) is 13.8 Å². The standard InChI is InChI=1S/C6H9N3O/c1-4-6(8-3-7-4)9-5(2)10/h3H,1-2H3,(H,7,8)(H,9,10).